The summed E-state index contributed by atoms with van der Waals surface area (Å²) in [7, 11) is 1.64. The minimum Gasteiger partial charge on any atom is -0.497 e. The molecule has 0 aliphatic carbocycles. The lowest BCUT2D eigenvalue weighted by molar-refractivity contribution is -0.127. The van der Waals surface area contributed by atoms with Gasteiger partial charge in [0.25, 0.3) is 0 Å². The number of benzene rings is 1. The third kappa shape index (κ3) is 5.39. The number of methoxy groups -OCH3 is 1. The van der Waals surface area contributed by atoms with Gasteiger partial charge in [-0.05, 0) is 32.0 Å². The standard InChI is InChI=1S/C15H21NO2S/c1-5-16(10-12(2)3)15(17)11-19-14-8-6-7-13(9-14)18-4/h6-9H,2,5,10-11H2,1,3-4H3. The van der Waals surface area contributed by atoms with E-state index in [4.69, 9.17) is 4.74 Å². The number of nitrogens with zero attached hydrogens (tertiary/aromatic N) is 1. The molecule has 0 heterocycles. The molecule has 1 aromatic carbocycles. The molecule has 0 aliphatic heterocycles. The van der Waals surface area contributed by atoms with Crippen LogP contribution in [0.25, 0.3) is 0 Å². The van der Waals surface area contributed by atoms with E-state index >= 15 is 0 Å². The van der Waals surface area contributed by atoms with E-state index in [1.807, 2.05) is 43.0 Å². The number of ether oxygens (including phenoxy) is 1. The van der Waals surface area contributed by atoms with Crippen molar-refractivity contribution in [3.05, 3.63) is 36.4 Å². The van der Waals surface area contributed by atoms with Gasteiger partial charge in [0.15, 0.2) is 0 Å². The van der Waals surface area contributed by atoms with Crippen LogP contribution in [-0.2, 0) is 4.79 Å². The number of carbonyl (C=O) groups excluding carboxylic acids is 1. The van der Waals surface area contributed by atoms with Crippen molar-refractivity contribution in [2.75, 3.05) is 26.0 Å². The van der Waals surface area contributed by atoms with Gasteiger partial charge in [0, 0.05) is 18.0 Å². The van der Waals surface area contributed by atoms with Crippen LogP contribution < -0.4 is 4.74 Å². The highest BCUT2D eigenvalue weighted by Gasteiger charge is 2.11. The van der Waals surface area contributed by atoms with E-state index in [0.29, 0.717) is 18.8 Å². The first-order valence-electron chi connectivity index (χ1n) is 6.25. The first-order valence-corrected chi connectivity index (χ1v) is 7.24. The van der Waals surface area contributed by atoms with Gasteiger partial charge in [0.1, 0.15) is 5.75 Å². The second-order valence-electron chi connectivity index (χ2n) is 4.33. The smallest absolute Gasteiger partial charge is 0.233 e. The summed E-state index contributed by atoms with van der Waals surface area (Å²) >= 11 is 1.53. The summed E-state index contributed by atoms with van der Waals surface area (Å²) in [6, 6.07) is 7.74. The Morgan fingerprint density at radius 1 is 1.47 bits per heavy atom. The molecule has 19 heavy (non-hydrogen) atoms. The fraction of sp³-hybridized carbons (Fsp3) is 0.400. The maximum Gasteiger partial charge on any atom is 0.233 e. The number of amides is 1. The molecular formula is C15H21NO2S. The first-order chi connectivity index (χ1) is 9.06. The molecule has 0 aliphatic rings. The predicted octanol–water partition coefficient (Wildman–Crippen LogP) is 3.21. The Bertz CT molecular complexity index is 446. The van der Waals surface area contributed by atoms with Crippen molar-refractivity contribution in [3.63, 3.8) is 0 Å². The summed E-state index contributed by atoms with van der Waals surface area (Å²) < 4.78 is 5.16. The third-order valence-corrected chi connectivity index (χ3v) is 3.58. The highest BCUT2D eigenvalue weighted by atomic mass is 32.2. The molecule has 3 nitrogen and oxygen atoms in total. The van der Waals surface area contributed by atoms with E-state index in [9.17, 15) is 4.79 Å². The van der Waals surface area contributed by atoms with Crippen LogP contribution in [0.3, 0.4) is 0 Å². The van der Waals surface area contributed by atoms with E-state index in [2.05, 4.69) is 6.58 Å². The second kappa shape index (κ2) is 7.89. The lowest BCUT2D eigenvalue weighted by Crippen LogP contribution is -2.33. The van der Waals surface area contributed by atoms with Crippen molar-refractivity contribution in [1.29, 1.82) is 0 Å². The van der Waals surface area contributed by atoms with Crippen LogP contribution in [0.2, 0.25) is 0 Å². The van der Waals surface area contributed by atoms with Gasteiger partial charge in [-0.1, -0.05) is 18.2 Å². The average molecular weight is 279 g/mol. The van der Waals surface area contributed by atoms with Crippen LogP contribution in [0.1, 0.15) is 13.8 Å². The van der Waals surface area contributed by atoms with Crippen LogP contribution in [0.4, 0.5) is 0 Å². The molecule has 0 radical (unpaired) electrons. The van der Waals surface area contributed by atoms with E-state index < -0.39 is 0 Å². The molecule has 0 spiro atoms. The average Bonchev–Trinajstić information content (AvgIpc) is 2.42. The lowest BCUT2D eigenvalue weighted by atomic mass is 10.3. The molecule has 1 aromatic rings. The Balaban J connectivity index is 2.54. The normalized spacial score (nSPS) is 10.1. The summed E-state index contributed by atoms with van der Waals surface area (Å²) in [5, 5.41) is 0. The summed E-state index contributed by atoms with van der Waals surface area (Å²) in [6.45, 7) is 9.11. The molecule has 0 bridgehead atoms. The van der Waals surface area contributed by atoms with Gasteiger partial charge in [-0.15, -0.1) is 11.8 Å². The third-order valence-electron chi connectivity index (χ3n) is 2.60. The Labute approximate surface area is 119 Å². The molecule has 1 amide bonds. The van der Waals surface area contributed by atoms with Gasteiger partial charge in [-0.25, -0.2) is 0 Å². The Kier molecular flexibility index (Phi) is 6.50. The van der Waals surface area contributed by atoms with Gasteiger partial charge in [-0.2, -0.15) is 0 Å². The zero-order chi connectivity index (χ0) is 14.3. The molecule has 0 saturated carbocycles. The predicted molar refractivity (Wildman–Crippen MR) is 80.8 cm³/mol. The Morgan fingerprint density at radius 2 is 2.21 bits per heavy atom. The molecule has 0 aromatic heterocycles. The van der Waals surface area contributed by atoms with Gasteiger partial charge < -0.3 is 9.64 Å². The number of likely N-dealkylation sites (N-methyl/N-ethyl adjacent to an activating group) is 1. The topological polar surface area (TPSA) is 29.5 Å². The van der Waals surface area contributed by atoms with Crippen molar-refractivity contribution in [3.8, 4) is 5.75 Å². The molecule has 104 valence electrons. The molecule has 0 N–H and O–H groups in total. The van der Waals surface area contributed by atoms with Crippen molar-refractivity contribution in [2.24, 2.45) is 0 Å². The SMILES string of the molecule is C=C(C)CN(CC)C(=O)CSc1cccc(OC)c1. The lowest BCUT2D eigenvalue weighted by Gasteiger charge is -2.20. The van der Waals surface area contributed by atoms with Crippen molar-refractivity contribution >= 4 is 17.7 Å². The monoisotopic (exact) mass is 279 g/mol. The number of hydrogen-bond donors (Lipinski definition) is 0. The van der Waals surface area contributed by atoms with Crippen molar-refractivity contribution in [1.82, 2.24) is 4.90 Å². The maximum atomic E-state index is 12.1. The van der Waals surface area contributed by atoms with Crippen LogP contribution in [0, 0.1) is 0 Å². The first kappa shape index (κ1) is 15.6. The highest BCUT2D eigenvalue weighted by molar-refractivity contribution is 8.00. The van der Waals surface area contributed by atoms with E-state index in [1.165, 1.54) is 11.8 Å². The Morgan fingerprint density at radius 3 is 2.79 bits per heavy atom. The van der Waals surface area contributed by atoms with Crippen LogP contribution in [-0.4, -0.2) is 36.8 Å². The zero-order valence-corrected chi connectivity index (χ0v) is 12.6. The molecule has 0 fully saturated rings. The fourth-order valence-electron chi connectivity index (χ4n) is 1.63. The fourth-order valence-corrected chi connectivity index (χ4v) is 2.48. The molecule has 4 heteroatoms. The minimum atomic E-state index is 0.137. The van der Waals surface area contributed by atoms with Gasteiger partial charge in [0.2, 0.25) is 5.91 Å². The zero-order valence-electron chi connectivity index (χ0n) is 11.8. The molecule has 1 rings (SSSR count). The summed E-state index contributed by atoms with van der Waals surface area (Å²) in [5.41, 5.74) is 1.00. The Hall–Kier alpha value is -1.42. The summed E-state index contributed by atoms with van der Waals surface area (Å²) in [6.07, 6.45) is 0. The minimum absolute atomic E-state index is 0.137. The van der Waals surface area contributed by atoms with Crippen molar-refractivity contribution in [2.45, 2.75) is 18.7 Å². The van der Waals surface area contributed by atoms with Gasteiger partial charge in [0.05, 0.1) is 12.9 Å². The highest BCUT2D eigenvalue weighted by Crippen LogP contribution is 2.23. The van der Waals surface area contributed by atoms with E-state index in [-0.39, 0.29) is 5.91 Å². The number of thioether (sulfide) groups is 1. The van der Waals surface area contributed by atoms with Crippen molar-refractivity contribution < 1.29 is 9.53 Å². The number of hydrogen-bond acceptors (Lipinski definition) is 3. The molecular weight excluding hydrogens is 258 g/mol. The number of carbonyl (C=O) groups is 1. The van der Waals surface area contributed by atoms with E-state index in [0.717, 1.165) is 16.2 Å². The van der Waals surface area contributed by atoms with Crippen LogP contribution in [0.5, 0.6) is 5.75 Å². The van der Waals surface area contributed by atoms with Crippen LogP contribution >= 0.6 is 11.8 Å². The summed E-state index contributed by atoms with van der Waals surface area (Å²) in [4.78, 5) is 14.9. The van der Waals surface area contributed by atoms with Gasteiger partial charge >= 0.3 is 0 Å². The maximum absolute atomic E-state index is 12.1. The molecule has 0 saturated heterocycles. The number of rotatable bonds is 7. The molecule has 0 atom stereocenters. The van der Waals surface area contributed by atoms with Crippen LogP contribution in [0.15, 0.2) is 41.3 Å². The van der Waals surface area contributed by atoms with Gasteiger partial charge in [-0.3, -0.25) is 4.79 Å². The largest absolute Gasteiger partial charge is 0.497 e. The quantitative estimate of drug-likeness (QED) is 0.567. The van der Waals surface area contributed by atoms with E-state index in [1.54, 1.807) is 7.11 Å². The summed E-state index contributed by atoms with van der Waals surface area (Å²) in [5.74, 6) is 1.39. The second-order valence-corrected chi connectivity index (χ2v) is 5.38. The molecule has 0 unspecified atom stereocenters.